The molecular formula is C30H29NO3. The Kier molecular flexibility index (Phi) is 4.87. The molecular weight excluding hydrogens is 422 g/mol. The molecule has 1 saturated heterocycles. The average Bonchev–Trinajstić information content (AvgIpc) is 3.14. The van der Waals surface area contributed by atoms with Gasteiger partial charge in [0.15, 0.2) is 0 Å². The number of amides is 2. The second kappa shape index (κ2) is 7.83. The molecule has 3 aliphatic carbocycles. The maximum Gasteiger partial charge on any atom is 0.238 e. The maximum atomic E-state index is 13.9. The van der Waals surface area contributed by atoms with Gasteiger partial charge in [-0.3, -0.25) is 9.59 Å². The van der Waals surface area contributed by atoms with Crippen LogP contribution in [-0.4, -0.2) is 18.4 Å². The molecule has 0 spiro atoms. The first-order valence-corrected chi connectivity index (χ1v) is 12.4. The molecule has 3 aromatic rings. The van der Waals surface area contributed by atoms with Crippen molar-refractivity contribution in [3.63, 3.8) is 0 Å². The molecule has 1 heterocycles. The molecule has 5 atom stereocenters. The van der Waals surface area contributed by atoms with Crippen LogP contribution in [0.4, 0.5) is 5.69 Å². The van der Waals surface area contributed by atoms with E-state index in [0.29, 0.717) is 18.2 Å². The minimum atomic E-state index is -0.362. The van der Waals surface area contributed by atoms with E-state index >= 15 is 0 Å². The summed E-state index contributed by atoms with van der Waals surface area (Å²) in [4.78, 5) is 29.2. The summed E-state index contributed by atoms with van der Waals surface area (Å²) in [7, 11) is 0. The van der Waals surface area contributed by atoms with Gasteiger partial charge in [-0.1, -0.05) is 56.3 Å². The zero-order chi connectivity index (χ0) is 23.6. The Hall–Kier alpha value is -3.40. The van der Waals surface area contributed by atoms with E-state index in [1.807, 2.05) is 37.3 Å². The van der Waals surface area contributed by atoms with E-state index in [9.17, 15) is 9.59 Å². The highest BCUT2D eigenvalue weighted by Crippen LogP contribution is 2.61. The van der Waals surface area contributed by atoms with Crippen LogP contribution >= 0.6 is 0 Å². The summed E-state index contributed by atoms with van der Waals surface area (Å²) in [6.45, 7) is 6.96. The Morgan fingerprint density at radius 3 is 1.97 bits per heavy atom. The standard InChI is InChI=1S/C30H29NO3/c1-4-17(3)18-10-15-23-24(16-18)26-22-9-7-6-8-21(22)25(23)27-28(26)30(33)31(29(27)32)19-11-13-20(14-12-19)34-5-2/h6-17,25-28H,4-5H2,1-3H3. The predicted octanol–water partition coefficient (Wildman–Crippen LogP) is 6.00. The number of carbonyl (C=O) groups excluding carboxylic acids is 2. The summed E-state index contributed by atoms with van der Waals surface area (Å²) in [5.41, 5.74) is 6.79. The molecule has 5 unspecified atom stereocenters. The van der Waals surface area contributed by atoms with Gasteiger partial charge in [0.05, 0.1) is 24.1 Å². The van der Waals surface area contributed by atoms with E-state index < -0.39 is 0 Å². The zero-order valence-electron chi connectivity index (χ0n) is 19.8. The van der Waals surface area contributed by atoms with E-state index in [4.69, 9.17) is 4.74 Å². The van der Waals surface area contributed by atoms with Gasteiger partial charge in [0, 0.05) is 11.8 Å². The van der Waals surface area contributed by atoms with Crippen molar-refractivity contribution in [2.45, 2.75) is 44.9 Å². The molecule has 4 heteroatoms. The fraction of sp³-hybridized carbons (Fsp3) is 0.333. The van der Waals surface area contributed by atoms with Crippen LogP contribution < -0.4 is 9.64 Å². The number of nitrogens with zero attached hydrogens (tertiary/aromatic N) is 1. The summed E-state index contributed by atoms with van der Waals surface area (Å²) < 4.78 is 5.55. The van der Waals surface area contributed by atoms with Crippen LogP contribution in [0.3, 0.4) is 0 Å². The molecule has 34 heavy (non-hydrogen) atoms. The minimum absolute atomic E-state index is 0.0803. The molecule has 2 bridgehead atoms. The summed E-state index contributed by atoms with van der Waals surface area (Å²) >= 11 is 0. The normalized spacial score (nSPS) is 25.1. The summed E-state index contributed by atoms with van der Waals surface area (Å²) in [6.07, 6.45) is 1.07. The Morgan fingerprint density at radius 1 is 0.794 bits per heavy atom. The largest absolute Gasteiger partial charge is 0.494 e. The van der Waals surface area contributed by atoms with Crippen molar-refractivity contribution < 1.29 is 14.3 Å². The highest BCUT2D eigenvalue weighted by atomic mass is 16.5. The van der Waals surface area contributed by atoms with Crippen molar-refractivity contribution in [3.8, 4) is 5.75 Å². The van der Waals surface area contributed by atoms with Crippen molar-refractivity contribution in [2.24, 2.45) is 11.8 Å². The first-order chi connectivity index (χ1) is 16.5. The number of carbonyl (C=O) groups is 2. The Bertz CT molecular complexity index is 1290. The molecule has 0 N–H and O–H groups in total. The van der Waals surface area contributed by atoms with Gasteiger partial charge in [-0.25, -0.2) is 4.90 Å². The van der Waals surface area contributed by atoms with E-state index in [0.717, 1.165) is 12.2 Å². The predicted molar refractivity (Wildman–Crippen MR) is 132 cm³/mol. The number of imide groups is 1. The lowest BCUT2D eigenvalue weighted by Crippen LogP contribution is -2.41. The van der Waals surface area contributed by atoms with E-state index in [1.54, 1.807) is 0 Å². The Balaban J connectivity index is 1.48. The molecule has 2 amide bonds. The van der Waals surface area contributed by atoms with Crippen LogP contribution in [-0.2, 0) is 9.59 Å². The van der Waals surface area contributed by atoms with Crippen molar-refractivity contribution in [1.29, 1.82) is 0 Å². The highest BCUT2D eigenvalue weighted by Gasteiger charge is 2.61. The van der Waals surface area contributed by atoms with Crippen LogP contribution in [0.1, 0.15) is 72.8 Å². The van der Waals surface area contributed by atoms with Crippen molar-refractivity contribution in [1.82, 2.24) is 0 Å². The van der Waals surface area contributed by atoms with Gasteiger partial charge in [0.2, 0.25) is 11.8 Å². The van der Waals surface area contributed by atoms with E-state index in [1.165, 1.54) is 32.7 Å². The monoisotopic (exact) mass is 451 g/mol. The number of ether oxygens (including phenoxy) is 1. The Morgan fingerprint density at radius 2 is 1.38 bits per heavy atom. The highest BCUT2D eigenvalue weighted by molar-refractivity contribution is 6.23. The van der Waals surface area contributed by atoms with Crippen LogP contribution in [0, 0.1) is 11.8 Å². The van der Waals surface area contributed by atoms with Gasteiger partial charge in [0.1, 0.15) is 5.75 Å². The average molecular weight is 452 g/mol. The molecule has 0 saturated carbocycles. The summed E-state index contributed by atoms with van der Waals surface area (Å²) in [5, 5.41) is 0. The fourth-order valence-electron chi connectivity index (χ4n) is 6.40. The van der Waals surface area contributed by atoms with Crippen molar-refractivity contribution >= 4 is 17.5 Å². The number of anilines is 1. The number of rotatable bonds is 5. The third-order valence-electron chi connectivity index (χ3n) is 8.15. The molecule has 3 aromatic carbocycles. The third kappa shape index (κ3) is 2.84. The van der Waals surface area contributed by atoms with Gasteiger partial charge in [-0.15, -0.1) is 0 Å². The van der Waals surface area contributed by atoms with Crippen LogP contribution in [0.2, 0.25) is 0 Å². The van der Waals surface area contributed by atoms with E-state index in [2.05, 4.69) is 50.2 Å². The van der Waals surface area contributed by atoms with Gasteiger partial charge in [-0.05, 0) is 71.3 Å². The first-order valence-electron chi connectivity index (χ1n) is 12.4. The molecule has 172 valence electrons. The van der Waals surface area contributed by atoms with Crippen molar-refractivity contribution in [2.75, 3.05) is 11.5 Å². The quantitative estimate of drug-likeness (QED) is 0.447. The molecule has 4 nitrogen and oxygen atoms in total. The van der Waals surface area contributed by atoms with Gasteiger partial charge >= 0.3 is 0 Å². The van der Waals surface area contributed by atoms with E-state index in [-0.39, 0.29) is 35.5 Å². The zero-order valence-corrected chi connectivity index (χ0v) is 19.8. The van der Waals surface area contributed by atoms with Crippen LogP contribution in [0.5, 0.6) is 5.75 Å². The maximum absolute atomic E-state index is 13.9. The lowest BCUT2D eigenvalue weighted by molar-refractivity contribution is -0.122. The second-order valence-electron chi connectivity index (χ2n) is 9.77. The van der Waals surface area contributed by atoms with Gasteiger partial charge in [0.25, 0.3) is 0 Å². The molecule has 4 aliphatic rings. The lowest BCUT2D eigenvalue weighted by atomic mass is 9.54. The second-order valence-corrected chi connectivity index (χ2v) is 9.77. The SMILES string of the molecule is CCOc1ccc(N2C(=O)C3C4c5ccccc5C(c5cc(C(C)CC)ccc54)C3C2=O)cc1. The Labute approximate surface area is 200 Å². The fourth-order valence-corrected chi connectivity index (χ4v) is 6.40. The molecule has 0 aromatic heterocycles. The molecule has 7 rings (SSSR count). The van der Waals surface area contributed by atoms with Gasteiger partial charge < -0.3 is 4.74 Å². The van der Waals surface area contributed by atoms with Crippen LogP contribution in [0.15, 0.2) is 66.7 Å². The molecule has 0 radical (unpaired) electrons. The summed E-state index contributed by atoms with van der Waals surface area (Å²) in [6, 6.07) is 22.5. The number of hydrogen-bond acceptors (Lipinski definition) is 3. The third-order valence-corrected chi connectivity index (χ3v) is 8.15. The number of hydrogen-bond donors (Lipinski definition) is 0. The molecule has 1 fully saturated rings. The minimum Gasteiger partial charge on any atom is -0.494 e. The van der Waals surface area contributed by atoms with Crippen molar-refractivity contribution in [3.05, 3.63) is 94.5 Å². The lowest BCUT2D eigenvalue weighted by Gasteiger charge is -2.46. The summed E-state index contributed by atoms with van der Waals surface area (Å²) in [5.74, 6) is 0.132. The first kappa shape index (κ1) is 21.2. The molecule has 1 aliphatic heterocycles. The van der Waals surface area contributed by atoms with Crippen LogP contribution in [0.25, 0.3) is 0 Å². The van der Waals surface area contributed by atoms with Gasteiger partial charge in [-0.2, -0.15) is 0 Å². The number of benzene rings is 3. The smallest absolute Gasteiger partial charge is 0.238 e. The topological polar surface area (TPSA) is 46.6 Å².